The number of nitrogens with one attached hydrogen (secondary N) is 2. The van der Waals surface area contributed by atoms with Crippen molar-refractivity contribution in [3.8, 4) is 23.0 Å². The lowest BCUT2D eigenvalue weighted by atomic mass is 9.86. The molecule has 0 spiro atoms. The summed E-state index contributed by atoms with van der Waals surface area (Å²) in [6.07, 6.45) is 1.92. The van der Waals surface area contributed by atoms with Crippen LogP contribution < -0.4 is 29.6 Å². The Kier molecular flexibility index (Phi) is 11.8. The molecule has 4 unspecified atom stereocenters. The molecule has 244 valence electrons. The predicted octanol–water partition coefficient (Wildman–Crippen LogP) is 3.57. The molecule has 4 atom stereocenters. The lowest BCUT2D eigenvalue weighted by Gasteiger charge is -2.25. The first kappa shape index (κ1) is 34.7. The number of carbonyl (C=O) groups excluding carboxylic acids is 4. The van der Waals surface area contributed by atoms with Crippen LogP contribution in [0.3, 0.4) is 0 Å². The minimum absolute atomic E-state index is 0.215. The van der Waals surface area contributed by atoms with Crippen LogP contribution in [0.15, 0.2) is 36.4 Å². The van der Waals surface area contributed by atoms with E-state index in [9.17, 15) is 19.2 Å². The second-order valence-corrected chi connectivity index (χ2v) is 11.1. The molecule has 1 heterocycles. The van der Waals surface area contributed by atoms with E-state index < -0.39 is 47.9 Å². The van der Waals surface area contributed by atoms with Gasteiger partial charge in [0.25, 0.3) is 0 Å². The van der Waals surface area contributed by atoms with Crippen LogP contribution in [-0.4, -0.2) is 71.4 Å². The van der Waals surface area contributed by atoms with Gasteiger partial charge in [0, 0.05) is 11.6 Å². The SMILES string of the molecule is COC(=O)C(NC(=O)C=Cc1ccc(OC)c2c1C(C(=O)NC(C(=O)OC)C(C)C)C(c1ccc(OC)c(OC)c1)O2)C(C)C. The highest BCUT2D eigenvalue weighted by molar-refractivity contribution is 5.96. The van der Waals surface area contributed by atoms with Crippen molar-refractivity contribution in [3.05, 3.63) is 53.1 Å². The Morgan fingerprint density at radius 1 is 0.756 bits per heavy atom. The number of amides is 2. The van der Waals surface area contributed by atoms with Gasteiger partial charge in [0.15, 0.2) is 23.0 Å². The number of esters is 2. The molecule has 0 saturated heterocycles. The highest BCUT2D eigenvalue weighted by Gasteiger charge is 2.45. The summed E-state index contributed by atoms with van der Waals surface area (Å²) in [4.78, 5) is 51.9. The summed E-state index contributed by atoms with van der Waals surface area (Å²) in [6, 6.07) is 6.75. The fourth-order valence-electron chi connectivity index (χ4n) is 5.11. The number of rotatable bonds is 13. The molecule has 0 fully saturated rings. The molecule has 0 aromatic heterocycles. The number of ether oxygens (including phenoxy) is 6. The largest absolute Gasteiger partial charge is 0.493 e. The Hall–Kier alpha value is -4.74. The third-order valence-corrected chi connectivity index (χ3v) is 7.54. The number of hydrogen-bond donors (Lipinski definition) is 2. The van der Waals surface area contributed by atoms with Gasteiger partial charge in [0.1, 0.15) is 24.1 Å². The number of carbonyl (C=O) groups is 4. The summed E-state index contributed by atoms with van der Waals surface area (Å²) in [5.41, 5.74) is 1.52. The molecule has 1 aliphatic heterocycles. The first-order valence-electron chi connectivity index (χ1n) is 14.5. The van der Waals surface area contributed by atoms with Crippen LogP contribution in [0.4, 0.5) is 0 Å². The number of methoxy groups -OCH3 is 5. The molecule has 12 nitrogen and oxygen atoms in total. The molecule has 45 heavy (non-hydrogen) atoms. The zero-order chi connectivity index (χ0) is 33.4. The molecule has 12 heteroatoms. The van der Waals surface area contributed by atoms with Crippen molar-refractivity contribution < 1.29 is 47.6 Å². The van der Waals surface area contributed by atoms with Crippen molar-refractivity contribution in [1.29, 1.82) is 0 Å². The highest BCUT2D eigenvalue weighted by Crippen LogP contribution is 2.53. The maximum Gasteiger partial charge on any atom is 0.328 e. The molecule has 0 saturated carbocycles. The fraction of sp³-hybridized carbons (Fsp3) is 0.455. The van der Waals surface area contributed by atoms with Gasteiger partial charge in [-0.25, -0.2) is 9.59 Å². The van der Waals surface area contributed by atoms with E-state index in [0.29, 0.717) is 39.7 Å². The monoisotopic (exact) mass is 626 g/mol. The highest BCUT2D eigenvalue weighted by atomic mass is 16.5. The standard InChI is InChI=1S/C33H42N2O10/c1-17(2)27(32(38)43-8)34-24(36)15-12-19-10-14-22(41-6)30-25(19)26(31(37)35-28(18(3)4)33(39)44-9)29(45-30)20-11-13-21(40-5)23(16-20)42-7/h10-18,26-29H,1-9H3,(H,34,36)(H,35,37). The average Bonchev–Trinajstić information content (AvgIpc) is 3.44. The van der Waals surface area contributed by atoms with Crippen LogP contribution in [0.2, 0.25) is 0 Å². The number of hydrogen-bond acceptors (Lipinski definition) is 10. The van der Waals surface area contributed by atoms with Crippen LogP contribution >= 0.6 is 0 Å². The van der Waals surface area contributed by atoms with Crippen molar-refractivity contribution in [3.63, 3.8) is 0 Å². The van der Waals surface area contributed by atoms with E-state index in [4.69, 9.17) is 28.4 Å². The van der Waals surface area contributed by atoms with Gasteiger partial charge >= 0.3 is 11.9 Å². The minimum Gasteiger partial charge on any atom is -0.493 e. The fourth-order valence-corrected chi connectivity index (χ4v) is 5.11. The van der Waals surface area contributed by atoms with Gasteiger partial charge in [-0.05, 0) is 47.2 Å². The van der Waals surface area contributed by atoms with Gasteiger partial charge in [-0.1, -0.05) is 39.8 Å². The van der Waals surface area contributed by atoms with Crippen molar-refractivity contribution in [2.45, 2.75) is 51.8 Å². The molecule has 2 N–H and O–H groups in total. The van der Waals surface area contributed by atoms with Crippen molar-refractivity contribution in [2.24, 2.45) is 11.8 Å². The Morgan fingerprint density at radius 3 is 1.84 bits per heavy atom. The molecule has 2 amide bonds. The Bertz CT molecular complexity index is 1430. The van der Waals surface area contributed by atoms with E-state index in [1.54, 1.807) is 58.0 Å². The Balaban J connectivity index is 2.15. The summed E-state index contributed by atoms with van der Waals surface area (Å²) >= 11 is 0. The van der Waals surface area contributed by atoms with Crippen molar-refractivity contribution >= 4 is 29.8 Å². The molecular weight excluding hydrogens is 584 g/mol. The van der Waals surface area contributed by atoms with Crippen molar-refractivity contribution in [2.75, 3.05) is 35.5 Å². The Labute approximate surface area is 263 Å². The van der Waals surface area contributed by atoms with Crippen LogP contribution in [-0.2, 0) is 28.7 Å². The molecule has 3 rings (SSSR count). The second kappa shape index (κ2) is 15.3. The maximum absolute atomic E-state index is 14.2. The van der Waals surface area contributed by atoms with Gasteiger partial charge in [-0.2, -0.15) is 0 Å². The summed E-state index contributed by atoms with van der Waals surface area (Å²) < 4.78 is 32.7. The van der Waals surface area contributed by atoms with Crippen LogP contribution in [0.25, 0.3) is 6.08 Å². The molecule has 1 aliphatic rings. The number of benzene rings is 2. The van der Waals surface area contributed by atoms with E-state index in [0.717, 1.165) is 0 Å². The minimum atomic E-state index is -1.000. The summed E-state index contributed by atoms with van der Waals surface area (Å²) in [5.74, 6) is -2.10. The van der Waals surface area contributed by atoms with Gasteiger partial charge in [-0.15, -0.1) is 0 Å². The summed E-state index contributed by atoms with van der Waals surface area (Å²) in [6.45, 7) is 7.16. The molecule has 2 aromatic carbocycles. The third-order valence-electron chi connectivity index (χ3n) is 7.54. The van der Waals surface area contributed by atoms with E-state index in [-0.39, 0.29) is 11.8 Å². The summed E-state index contributed by atoms with van der Waals surface area (Å²) in [7, 11) is 7.01. The van der Waals surface area contributed by atoms with Crippen molar-refractivity contribution in [1.82, 2.24) is 10.6 Å². The average molecular weight is 627 g/mol. The van der Waals surface area contributed by atoms with Gasteiger partial charge in [0.2, 0.25) is 11.8 Å². The smallest absolute Gasteiger partial charge is 0.328 e. The van der Waals surface area contributed by atoms with E-state index >= 15 is 0 Å². The lowest BCUT2D eigenvalue weighted by molar-refractivity contribution is -0.146. The molecule has 0 bridgehead atoms. The van der Waals surface area contributed by atoms with E-state index in [1.165, 1.54) is 47.7 Å². The Morgan fingerprint density at radius 2 is 1.31 bits per heavy atom. The zero-order valence-corrected chi connectivity index (χ0v) is 27.1. The first-order valence-corrected chi connectivity index (χ1v) is 14.5. The molecule has 0 aliphatic carbocycles. The van der Waals surface area contributed by atoms with Crippen LogP contribution in [0, 0.1) is 11.8 Å². The van der Waals surface area contributed by atoms with Crippen LogP contribution in [0.1, 0.15) is 56.4 Å². The normalized spacial score (nSPS) is 16.8. The maximum atomic E-state index is 14.2. The molecular formula is C33H42N2O10. The second-order valence-electron chi connectivity index (χ2n) is 11.1. The van der Waals surface area contributed by atoms with Gasteiger partial charge in [0.05, 0.1) is 35.5 Å². The molecule has 2 aromatic rings. The van der Waals surface area contributed by atoms with E-state index in [1.807, 2.05) is 0 Å². The zero-order valence-electron chi connectivity index (χ0n) is 27.1. The topological polar surface area (TPSA) is 148 Å². The quantitative estimate of drug-likeness (QED) is 0.250. The first-order chi connectivity index (χ1) is 21.4. The van der Waals surface area contributed by atoms with Crippen LogP contribution in [0.5, 0.6) is 23.0 Å². The molecule has 0 radical (unpaired) electrons. The predicted molar refractivity (Wildman–Crippen MR) is 165 cm³/mol. The van der Waals surface area contributed by atoms with Gasteiger partial charge in [-0.3, -0.25) is 9.59 Å². The van der Waals surface area contributed by atoms with Gasteiger partial charge < -0.3 is 39.1 Å². The number of fused-ring (bicyclic) bond motifs is 1. The summed E-state index contributed by atoms with van der Waals surface area (Å²) in [5, 5.41) is 5.51. The van der Waals surface area contributed by atoms with E-state index in [2.05, 4.69) is 10.6 Å². The lowest BCUT2D eigenvalue weighted by Crippen LogP contribution is -2.47. The third kappa shape index (κ3) is 7.68.